The number of hydrogen-bond donors (Lipinski definition) is 1. The van der Waals surface area contributed by atoms with Crippen LogP contribution in [0.3, 0.4) is 0 Å². The molecule has 0 saturated heterocycles. The second kappa shape index (κ2) is 5.13. The number of hydrogen-bond acceptors (Lipinski definition) is 3. The lowest BCUT2D eigenvalue weighted by atomic mass is 10.1. The van der Waals surface area contributed by atoms with Crippen LogP contribution >= 0.6 is 0 Å². The Bertz CT molecular complexity index is 117. The molecule has 0 saturated carbocycles. The summed E-state index contributed by atoms with van der Waals surface area (Å²) >= 11 is 0. The van der Waals surface area contributed by atoms with Gasteiger partial charge in [-0.15, -0.1) is 0 Å². The first-order valence-electron chi connectivity index (χ1n) is 3.96. The number of ether oxygens (including phenoxy) is 1. The van der Waals surface area contributed by atoms with E-state index in [4.69, 9.17) is 4.74 Å². The Balaban J connectivity index is 3.77. The largest absolute Gasteiger partial charge is 0.358 e. The number of nitrogens with zero attached hydrogens (tertiary/aromatic N) is 1. The van der Waals surface area contributed by atoms with Crippen LogP contribution in [-0.2, 0) is 4.74 Å². The predicted molar refractivity (Wildman–Crippen MR) is 47.6 cm³/mol. The molecule has 1 atom stereocenters. The van der Waals surface area contributed by atoms with E-state index in [1.165, 1.54) is 0 Å². The van der Waals surface area contributed by atoms with Gasteiger partial charge in [-0.25, -0.2) is 0 Å². The second-order valence-electron chi connectivity index (χ2n) is 2.81. The zero-order valence-corrected chi connectivity index (χ0v) is 7.68. The Morgan fingerprint density at radius 1 is 1.64 bits per heavy atom. The van der Waals surface area contributed by atoms with Crippen LogP contribution in [0.2, 0.25) is 0 Å². The molecule has 0 heterocycles. The highest BCUT2D eigenvalue weighted by atomic mass is 16.5. The van der Waals surface area contributed by atoms with Crippen molar-refractivity contribution < 1.29 is 4.74 Å². The summed E-state index contributed by atoms with van der Waals surface area (Å²) in [5, 5.41) is 3.61. The summed E-state index contributed by atoms with van der Waals surface area (Å²) in [6.45, 7) is 7.48. The molecule has 66 valence electrons. The first kappa shape index (κ1) is 10.4. The molecule has 0 fully saturated rings. The maximum atomic E-state index is 5.24. The Labute approximate surface area is 68.8 Å². The van der Waals surface area contributed by atoms with Crippen LogP contribution in [0.5, 0.6) is 0 Å². The van der Waals surface area contributed by atoms with E-state index in [9.17, 15) is 0 Å². The molecule has 0 bridgehead atoms. The smallest absolute Gasteiger partial charge is 0.150 e. The van der Waals surface area contributed by atoms with Crippen LogP contribution in [0, 0.1) is 0 Å². The SMILES string of the molecule is C=NNC(C)(CCCC)OC. The number of unbranched alkanes of at least 4 members (excludes halogenated alkanes) is 1. The van der Waals surface area contributed by atoms with Gasteiger partial charge in [0.05, 0.1) is 0 Å². The average Bonchev–Trinajstić information content (AvgIpc) is 2.02. The van der Waals surface area contributed by atoms with Crippen molar-refractivity contribution in [3.8, 4) is 0 Å². The van der Waals surface area contributed by atoms with Crippen molar-refractivity contribution in [1.82, 2.24) is 5.43 Å². The molecule has 0 aromatic heterocycles. The van der Waals surface area contributed by atoms with Gasteiger partial charge in [0.15, 0.2) is 0 Å². The third-order valence-corrected chi connectivity index (χ3v) is 1.77. The average molecular weight is 158 g/mol. The van der Waals surface area contributed by atoms with Crippen molar-refractivity contribution in [3.05, 3.63) is 0 Å². The standard InChI is InChI=1S/C8H18N2O/c1-5-6-7-8(2,11-4)10-9-3/h10H,3,5-7H2,1-2,4H3. The molecule has 0 amide bonds. The van der Waals surface area contributed by atoms with Crippen LogP contribution < -0.4 is 5.43 Å². The molecular weight excluding hydrogens is 140 g/mol. The molecular formula is C8H18N2O. The summed E-state index contributed by atoms with van der Waals surface area (Å²) in [7, 11) is 1.67. The highest BCUT2D eigenvalue weighted by Gasteiger charge is 2.20. The van der Waals surface area contributed by atoms with Crippen molar-refractivity contribution in [1.29, 1.82) is 0 Å². The number of methoxy groups -OCH3 is 1. The topological polar surface area (TPSA) is 33.6 Å². The van der Waals surface area contributed by atoms with Crippen molar-refractivity contribution in [2.24, 2.45) is 5.10 Å². The maximum absolute atomic E-state index is 5.24. The number of hydrazone groups is 1. The molecule has 0 aliphatic heterocycles. The van der Waals surface area contributed by atoms with Crippen LogP contribution in [0.25, 0.3) is 0 Å². The van der Waals surface area contributed by atoms with Gasteiger partial charge in [-0.05, 0) is 19.8 Å². The molecule has 0 aromatic carbocycles. The molecule has 3 nitrogen and oxygen atoms in total. The monoisotopic (exact) mass is 158 g/mol. The molecule has 3 heteroatoms. The summed E-state index contributed by atoms with van der Waals surface area (Å²) < 4.78 is 5.24. The van der Waals surface area contributed by atoms with Crippen LogP contribution in [0.15, 0.2) is 5.10 Å². The van der Waals surface area contributed by atoms with Gasteiger partial charge in [0.1, 0.15) is 5.72 Å². The minimum Gasteiger partial charge on any atom is -0.358 e. The Hall–Kier alpha value is -0.570. The van der Waals surface area contributed by atoms with E-state index < -0.39 is 0 Å². The minimum atomic E-state index is -0.336. The van der Waals surface area contributed by atoms with Gasteiger partial charge in [0.2, 0.25) is 0 Å². The fourth-order valence-corrected chi connectivity index (χ4v) is 0.885. The molecule has 0 aliphatic rings. The van der Waals surface area contributed by atoms with Gasteiger partial charge >= 0.3 is 0 Å². The van der Waals surface area contributed by atoms with Crippen molar-refractivity contribution in [2.75, 3.05) is 7.11 Å². The van der Waals surface area contributed by atoms with Crippen LogP contribution in [0.4, 0.5) is 0 Å². The van der Waals surface area contributed by atoms with E-state index in [1.807, 2.05) is 6.92 Å². The maximum Gasteiger partial charge on any atom is 0.150 e. The lowest BCUT2D eigenvalue weighted by Gasteiger charge is -2.27. The molecule has 0 aliphatic carbocycles. The highest BCUT2D eigenvalue weighted by molar-refractivity contribution is 5.22. The van der Waals surface area contributed by atoms with E-state index in [1.54, 1.807) is 7.11 Å². The second-order valence-corrected chi connectivity index (χ2v) is 2.81. The fourth-order valence-electron chi connectivity index (χ4n) is 0.885. The van der Waals surface area contributed by atoms with E-state index in [-0.39, 0.29) is 5.72 Å². The number of nitrogens with one attached hydrogen (secondary N) is 1. The van der Waals surface area contributed by atoms with Gasteiger partial charge in [-0.2, -0.15) is 5.10 Å². The molecule has 0 radical (unpaired) electrons. The Morgan fingerprint density at radius 3 is 2.64 bits per heavy atom. The predicted octanol–water partition coefficient (Wildman–Crippen LogP) is 1.74. The summed E-state index contributed by atoms with van der Waals surface area (Å²) in [4.78, 5) is 0. The van der Waals surface area contributed by atoms with Gasteiger partial charge in [-0.1, -0.05) is 13.3 Å². The number of rotatable bonds is 6. The minimum absolute atomic E-state index is 0.336. The zero-order chi connectivity index (χ0) is 8.74. The van der Waals surface area contributed by atoms with Crippen LogP contribution in [0.1, 0.15) is 33.1 Å². The van der Waals surface area contributed by atoms with Crippen molar-refractivity contribution >= 4 is 6.72 Å². The van der Waals surface area contributed by atoms with E-state index in [2.05, 4.69) is 24.2 Å². The lowest BCUT2D eigenvalue weighted by molar-refractivity contribution is -0.0308. The third-order valence-electron chi connectivity index (χ3n) is 1.77. The Morgan fingerprint density at radius 2 is 2.27 bits per heavy atom. The first-order valence-corrected chi connectivity index (χ1v) is 3.96. The quantitative estimate of drug-likeness (QED) is 0.363. The van der Waals surface area contributed by atoms with Gasteiger partial charge in [0, 0.05) is 13.8 Å². The molecule has 1 unspecified atom stereocenters. The van der Waals surface area contributed by atoms with Gasteiger partial charge in [-0.3, -0.25) is 5.43 Å². The van der Waals surface area contributed by atoms with Crippen molar-refractivity contribution in [3.63, 3.8) is 0 Å². The lowest BCUT2D eigenvalue weighted by Crippen LogP contribution is -2.40. The van der Waals surface area contributed by atoms with E-state index in [0.29, 0.717) is 0 Å². The molecule has 1 N–H and O–H groups in total. The molecule has 0 spiro atoms. The summed E-state index contributed by atoms with van der Waals surface area (Å²) in [6.07, 6.45) is 3.25. The van der Waals surface area contributed by atoms with Gasteiger partial charge < -0.3 is 4.74 Å². The van der Waals surface area contributed by atoms with Gasteiger partial charge in [0.25, 0.3) is 0 Å². The summed E-state index contributed by atoms with van der Waals surface area (Å²) in [5.74, 6) is 0. The molecule has 0 rings (SSSR count). The highest BCUT2D eigenvalue weighted by Crippen LogP contribution is 2.13. The third kappa shape index (κ3) is 3.98. The van der Waals surface area contributed by atoms with Crippen LogP contribution in [-0.4, -0.2) is 19.6 Å². The molecule has 0 aromatic rings. The van der Waals surface area contributed by atoms with E-state index >= 15 is 0 Å². The molecule has 11 heavy (non-hydrogen) atoms. The zero-order valence-electron chi connectivity index (χ0n) is 7.68. The Kier molecular flexibility index (Phi) is 4.86. The van der Waals surface area contributed by atoms with E-state index in [0.717, 1.165) is 19.3 Å². The van der Waals surface area contributed by atoms with Crippen molar-refractivity contribution in [2.45, 2.75) is 38.8 Å². The normalized spacial score (nSPS) is 15.5. The first-order chi connectivity index (χ1) is 5.18. The summed E-state index contributed by atoms with van der Waals surface area (Å²) in [6, 6.07) is 0. The fraction of sp³-hybridized carbons (Fsp3) is 0.875. The summed E-state index contributed by atoms with van der Waals surface area (Å²) in [5.41, 5.74) is 2.50.